The molecule has 0 aliphatic carbocycles. The van der Waals surface area contributed by atoms with Crippen molar-refractivity contribution in [2.75, 3.05) is 19.6 Å². The summed E-state index contributed by atoms with van der Waals surface area (Å²) in [7, 11) is 0. The molecular weight excluding hydrogens is 202 g/mol. The van der Waals surface area contributed by atoms with Gasteiger partial charge in [0.1, 0.15) is 0 Å². The Hall–Kier alpha value is -0.610. The zero-order valence-corrected chi connectivity index (χ0v) is 10.9. The van der Waals surface area contributed by atoms with Crippen molar-refractivity contribution in [2.24, 2.45) is 11.7 Å². The predicted molar refractivity (Wildman–Crippen MR) is 66.1 cm³/mol. The van der Waals surface area contributed by atoms with E-state index in [9.17, 15) is 4.79 Å². The average molecular weight is 227 g/mol. The second-order valence-corrected chi connectivity index (χ2v) is 5.94. The molecule has 1 saturated heterocycles. The molecule has 2 atom stereocenters. The summed E-state index contributed by atoms with van der Waals surface area (Å²) in [5.41, 5.74) is 5.72. The van der Waals surface area contributed by atoms with Gasteiger partial charge in [-0.2, -0.15) is 0 Å². The topological polar surface area (TPSA) is 58.4 Å². The highest BCUT2D eigenvalue weighted by Gasteiger charge is 2.27. The molecular formula is C12H25N3O. The lowest BCUT2D eigenvalue weighted by Gasteiger charge is -2.23. The minimum atomic E-state index is -0.141. The summed E-state index contributed by atoms with van der Waals surface area (Å²) < 4.78 is 0. The zero-order chi connectivity index (χ0) is 12.3. The van der Waals surface area contributed by atoms with Crippen LogP contribution in [0.25, 0.3) is 0 Å². The Balaban J connectivity index is 2.32. The molecule has 0 spiro atoms. The summed E-state index contributed by atoms with van der Waals surface area (Å²) in [5.74, 6) is 0.653. The van der Waals surface area contributed by atoms with Gasteiger partial charge in [0.2, 0.25) is 5.91 Å². The van der Waals surface area contributed by atoms with Crippen LogP contribution in [0, 0.1) is 5.92 Å². The van der Waals surface area contributed by atoms with Gasteiger partial charge in [0.25, 0.3) is 0 Å². The van der Waals surface area contributed by atoms with Gasteiger partial charge in [-0.15, -0.1) is 0 Å². The van der Waals surface area contributed by atoms with Gasteiger partial charge in [-0.1, -0.05) is 0 Å². The van der Waals surface area contributed by atoms with Gasteiger partial charge in [-0.05, 0) is 46.6 Å². The molecule has 2 unspecified atom stereocenters. The maximum Gasteiger partial charge on any atom is 0.234 e. The van der Waals surface area contributed by atoms with Gasteiger partial charge < -0.3 is 11.1 Å². The van der Waals surface area contributed by atoms with Crippen LogP contribution >= 0.6 is 0 Å². The number of rotatable bonds is 3. The van der Waals surface area contributed by atoms with Crippen molar-refractivity contribution in [3.05, 3.63) is 0 Å². The molecule has 3 N–H and O–H groups in total. The van der Waals surface area contributed by atoms with Crippen LogP contribution in [0.2, 0.25) is 0 Å². The standard InChI is InChI=1S/C12H25N3O/c1-9(13)10-5-6-15(7-10)8-11(16)14-12(2,3)4/h9-10H,5-8,13H2,1-4H3,(H,14,16). The van der Waals surface area contributed by atoms with Crippen molar-refractivity contribution in [1.82, 2.24) is 10.2 Å². The van der Waals surface area contributed by atoms with Gasteiger partial charge in [0.15, 0.2) is 0 Å². The summed E-state index contributed by atoms with van der Waals surface area (Å²) in [6.45, 7) is 10.5. The van der Waals surface area contributed by atoms with Crippen LogP contribution in [0.15, 0.2) is 0 Å². The first-order valence-corrected chi connectivity index (χ1v) is 6.07. The molecule has 94 valence electrons. The first kappa shape index (κ1) is 13.5. The number of carbonyl (C=O) groups excluding carboxylic acids is 1. The monoisotopic (exact) mass is 227 g/mol. The van der Waals surface area contributed by atoms with E-state index in [1.54, 1.807) is 0 Å². The molecule has 1 fully saturated rings. The molecule has 1 aliphatic heterocycles. The van der Waals surface area contributed by atoms with Gasteiger partial charge in [0.05, 0.1) is 6.54 Å². The molecule has 0 aromatic heterocycles. The number of nitrogens with two attached hydrogens (primary N) is 1. The van der Waals surface area contributed by atoms with Crippen molar-refractivity contribution in [1.29, 1.82) is 0 Å². The zero-order valence-electron chi connectivity index (χ0n) is 10.9. The number of likely N-dealkylation sites (tertiary alicyclic amines) is 1. The highest BCUT2D eigenvalue weighted by atomic mass is 16.2. The molecule has 0 saturated carbocycles. The molecule has 1 heterocycles. The summed E-state index contributed by atoms with van der Waals surface area (Å²) in [5, 5.41) is 2.98. The number of hydrogen-bond donors (Lipinski definition) is 2. The normalized spacial score (nSPS) is 24.4. The summed E-state index contributed by atoms with van der Waals surface area (Å²) >= 11 is 0. The van der Waals surface area contributed by atoms with E-state index in [2.05, 4.69) is 10.2 Å². The Kier molecular flexibility index (Phi) is 4.33. The largest absolute Gasteiger partial charge is 0.350 e. The summed E-state index contributed by atoms with van der Waals surface area (Å²) in [6.07, 6.45) is 1.11. The second kappa shape index (κ2) is 5.15. The molecule has 0 aromatic carbocycles. The highest BCUT2D eigenvalue weighted by Crippen LogP contribution is 2.18. The van der Waals surface area contributed by atoms with E-state index in [1.165, 1.54) is 0 Å². The molecule has 0 radical (unpaired) electrons. The van der Waals surface area contributed by atoms with Crippen LogP contribution in [0.3, 0.4) is 0 Å². The van der Waals surface area contributed by atoms with Gasteiger partial charge in [0, 0.05) is 18.1 Å². The predicted octanol–water partition coefficient (Wildman–Crippen LogP) is 0.570. The maximum absolute atomic E-state index is 11.7. The molecule has 1 aliphatic rings. The molecule has 1 amide bonds. The van der Waals surface area contributed by atoms with Crippen LogP contribution in [0.1, 0.15) is 34.1 Å². The van der Waals surface area contributed by atoms with Crippen LogP contribution in [-0.4, -0.2) is 42.0 Å². The minimum Gasteiger partial charge on any atom is -0.350 e. The number of hydrogen-bond acceptors (Lipinski definition) is 3. The van der Waals surface area contributed by atoms with Gasteiger partial charge >= 0.3 is 0 Å². The number of nitrogens with zero attached hydrogens (tertiary/aromatic N) is 1. The quantitative estimate of drug-likeness (QED) is 0.741. The Bertz CT molecular complexity index is 245. The second-order valence-electron chi connectivity index (χ2n) is 5.94. The smallest absolute Gasteiger partial charge is 0.234 e. The Morgan fingerprint density at radius 3 is 2.62 bits per heavy atom. The van der Waals surface area contributed by atoms with E-state index < -0.39 is 0 Å². The van der Waals surface area contributed by atoms with Crippen molar-refractivity contribution in [2.45, 2.75) is 45.7 Å². The van der Waals surface area contributed by atoms with Gasteiger partial charge in [-0.25, -0.2) is 0 Å². The molecule has 0 bridgehead atoms. The Morgan fingerprint density at radius 2 is 2.19 bits per heavy atom. The fourth-order valence-corrected chi connectivity index (χ4v) is 2.10. The Labute approximate surface area is 98.6 Å². The van der Waals surface area contributed by atoms with E-state index in [-0.39, 0.29) is 17.5 Å². The molecule has 0 aromatic rings. The fourth-order valence-electron chi connectivity index (χ4n) is 2.10. The third-order valence-corrected chi connectivity index (χ3v) is 2.93. The molecule has 16 heavy (non-hydrogen) atoms. The number of amides is 1. The lowest BCUT2D eigenvalue weighted by atomic mass is 10.0. The third kappa shape index (κ3) is 4.49. The lowest BCUT2D eigenvalue weighted by Crippen LogP contribution is -2.45. The molecule has 1 rings (SSSR count). The highest BCUT2D eigenvalue weighted by molar-refractivity contribution is 5.78. The van der Waals surface area contributed by atoms with E-state index in [0.717, 1.165) is 19.5 Å². The van der Waals surface area contributed by atoms with E-state index in [4.69, 9.17) is 5.73 Å². The maximum atomic E-state index is 11.7. The molecule has 4 nitrogen and oxygen atoms in total. The van der Waals surface area contributed by atoms with Crippen molar-refractivity contribution in [3.8, 4) is 0 Å². The Morgan fingerprint density at radius 1 is 1.56 bits per heavy atom. The average Bonchev–Trinajstić information content (AvgIpc) is 2.48. The summed E-state index contributed by atoms with van der Waals surface area (Å²) in [6, 6.07) is 0.232. The summed E-state index contributed by atoms with van der Waals surface area (Å²) in [4.78, 5) is 13.9. The van der Waals surface area contributed by atoms with Crippen LogP contribution in [-0.2, 0) is 4.79 Å². The van der Waals surface area contributed by atoms with E-state index in [0.29, 0.717) is 12.5 Å². The van der Waals surface area contributed by atoms with Crippen LogP contribution in [0.4, 0.5) is 0 Å². The SMILES string of the molecule is CC(N)C1CCN(CC(=O)NC(C)(C)C)C1. The third-order valence-electron chi connectivity index (χ3n) is 2.93. The lowest BCUT2D eigenvalue weighted by molar-refractivity contribution is -0.123. The number of nitrogens with one attached hydrogen (secondary N) is 1. The first-order valence-electron chi connectivity index (χ1n) is 6.07. The van der Waals surface area contributed by atoms with E-state index in [1.807, 2.05) is 27.7 Å². The fraction of sp³-hybridized carbons (Fsp3) is 0.917. The van der Waals surface area contributed by atoms with Crippen LogP contribution < -0.4 is 11.1 Å². The van der Waals surface area contributed by atoms with Crippen molar-refractivity contribution < 1.29 is 4.79 Å². The van der Waals surface area contributed by atoms with E-state index >= 15 is 0 Å². The minimum absolute atomic E-state index is 0.109. The first-order chi connectivity index (χ1) is 7.28. The van der Waals surface area contributed by atoms with Crippen molar-refractivity contribution in [3.63, 3.8) is 0 Å². The van der Waals surface area contributed by atoms with Crippen LogP contribution in [0.5, 0.6) is 0 Å². The number of carbonyl (C=O) groups is 1. The van der Waals surface area contributed by atoms with Crippen molar-refractivity contribution >= 4 is 5.91 Å². The van der Waals surface area contributed by atoms with Gasteiger partial charge in [-0.3, -0.25) is 9.69 Å². The molecule has 4 heteroatoms.